The van der Waals surface area contributed by atoms with Crippen molar-refractivity contribution in [3.63, 3.8) is 0 Å². The first-order valence-electron chi connectivity index (χ1n) is 8.04. The Bertz CT molecular complexity index is 560. The molecule has 0 spiro atoms. The summed E-state index contributed by atoms with van der Waals surface area (Å²) >= 11 is 0. The number of carbonyl (C=O) groups is 1. The molecule has 1 aromatic carbocycles. The Hall–Kier alpha value is -1.17. The third-order valence-corrected chi connectivity index (χ3v) is 5.17. The van der Waals surface area contributed by atoms with Crippen LogP contribution in [-0.2, 0) is 10.3 Å². The fourth-order valence-electron chi connectivity index (χ4n) is 4.30. The van der Waals surface area contributed by atoms with Gasteiger partial charge in [-0.1, -0.05) is 12.5 Å². The second-order valence-electron chi connectivity index (χ2n) is 6.27. The van der Waals surface area contributed by atoms with E-state index in [1.54, 1.807) is 12.1 Å². The lowest BCUT2D eigenvalue weighted by Gasteiger charge is -2.53. The average Bonchev–Trinajstić information content (AvgIpc) is 2.47. The molecule has 1 aliphatic carbocycles. The topological polar surface area (TPSA) is 64.3 Å². The molecule has 1 aliphatic heterocycles. The molecule has 1 amide bonds. The van der Waals surface area contributed by atoms with E-state index in [4.69, 9.17) is 10.5 Å². The summed E-state index contributed by atoms with van der Waals surface area (Å²) in [6.07, 6.45) is 3.34. The molecule has 2 fully saturated rings. The third kappa shape index (κ3) is 2.97. The molecule has 3 rings (SSSR count). The Balaban J connectivity index is 0.00000192. The lowest BCUT2D eigenvalue weighted by Crippen LogP contribution is -2.58. The molecule has 2 atom stereocenters. The van der Waals surface area contributed by atoms with E-state index < -0.39 is 17.3 Å². The van der Waals surface area contributed by atoms with E-state index in [1.165, 1.54) is 12.5 Å². The lowest BCUT2D eigenvalue weighted by molar-refractivity contribution is -0.161. The van der Waals surface area contributed by atoms with E-state index in [-0.39, 0.29) is 18.0 Å². The molecular weight excluding hydrogens is 319 g/mol. The Morgan fingerprint density at radius 3 is 2.61 bits per heavy atom. The van der Waals surface area contributed by atoms with Crippen molar-refractivity contribution in [2.24, 2.45) is 17.6 Å². The number of nitrogens with two attached hydrogens (primary N) is 1. The van der Waals surface area contributed by atoms with E-state index >= 15 is 0 Å². The molecule has 1 aromatic rings. The molecule has 0 aromatic heterocycles. The van der Waals surface area contributed by atoms with Crippen LogP contribution in [0.4, 0.5) is 4.39 Å². The van der Waals surface area contributed by atoms with Gasteiger partial charge in [0.15, 0.2) is 0 Å². The zero-order valence-electron chi connectivity index (χ0n) is 13.3. The molecule has 2 aliphatic rings. The summed E-state index contributed by atoms with van der Waals surface area (Å²) in [6.45, 7) is 4.36. The highest BCUT2D eigenvalue weighted by molar-refractivity contribution is 5.93. The molecule has 2 unspecified atom stereocenters. The van der Waals surface area contributed by atoms with Crippen LogP contribution in [-0.4, -0.2) is 25.6 Å². The van der Waals surface area contributed by atoms with Crippen molar-refractivity contribution in [2.75, 3.05) is 19.7 Å². The van der Waals surface area contributed by atoms with E-state index in [9.17, 15) is 9.18 Å². The molecule has 23 heavy (non-hydrogen) atoms. The van der Waals surface area contributed by atoms with Gasteiger partial charge in [-0.05, 0) is 37.5 Å². The number of rotatable bonds is 4. The van der Waals surface area contributed by atoms with Crippen molar-refractivity contribution in [1.29, 1.82) is 0 Å². The maximum Gasteiger partial charge on any atom is 0.251 e. The number of piperidine rings is 1. The van der Waals surface area contributed by atoms with Gasteiger partial charge in [0.05, 0.1) is 5.56 Å². The summed E-state index contributed by atoms with van der Waals surface area (Å²) in [5.74, 6) is -0.621. The van der Waals surface area contributed by atoms with Crippen molar-refractivity contribution >= 4 is 18.3 Å². The SMILES string of the molecule is CCOC1(c2ccc(F)c(C(N)=O)c2)C2CCCC1CNC2.Cl. The fraction of sp³-hybridized carbons (Fsp3) is 0.588. The normalized spacial score (nSPS) is 29.7. The molecule has 3 N–H and O–H groups in total. The number of fused-ring (bicyclic) bond motifs is 2. The van der Waals surface area contributed by atoms with Gasteiger partial charge in [-0.25, -0.2) is 4.39 Å². The van der Waals surface area contributed by atoms with Crippen LogP contribution >= 0.6 is 12.4 Å². The largest absolute Gasteiger partial charge is 0.370 e. The van der Waals surface area contributed by atoms with E-state index in [2.05, 4.69) is 5.32 Å². The van der Waals surface area contributed by atoms with Gasteiger partial charge in [0, 0.05) is 31.5 Å². The van der Waals surface area contributed by atoms with Crippen molar-refractivity contribution in [3.8, 4) is 0 Å². The van der Waals surface area contributed by atoms with E-state index in [0.29, 0.717) is 18.4 Å². The second kappa shape index (κ2) is 7.16. The predicted octanol–water partition coefficient (Wildman–Crippen LogP) is 2.60. The van der Waals surface area contributed by atoms with Gasteiger partial charge in [-0.3, -0.25) is 4.79 Å². The number of amides is 1. The van der Waals surface area contributed by atoms with Gasteiger partial charge in [0.2, 0.25) is 0 Å². The molecule has 128 valence electrons. The number of primary amides is 1. The van der Waals surface area contributed by atoms with Gasteiger partial charge in [-0.15, -0.1) is 12.4 Å². The van der Waals surface area contributed by atoms with Crippen LogP contribution < -0.4 is 11.1 Å². The van der Waals surface area contributed by atoms with Crippen LogP contribution in [0.15, 0.2) is 18.2 Å². The van der Waals surface area contributed by atoms with Crippen LogP contribution in [0.5, 0.6) is 0 Å². The van der Waals surface area contributed by atoms with Crippen LogP contribution in [0, 0.1) is 17.7 Å². The van der Waals surface area contributed by atoms with Gasteiger partial charge in [-0.2, -0.15) is 0 Å². The molecule has 0 radical (unpaired) electrons. The first-order chi connectivity index (χ1) is 10.6. The summed E-state index contributed by atoms with van der Waals surface area (Å²) in [5.41, 5.74) is 5.72. The smallest absolute Gasteiger partial charge is 0.251 e. The zero-order valence-corrected chi connectivity index (χ0v) is 14.1. The third-order valence-electron chi connectivity index (χ3n) is 5.17. The molecule has 2 bridgehead atoms. The highest BCUT2D eigenvalue weighted by atomic mass is 35.5. The Morgan fingerprint density at radius 2 is 2.04 bits per heavy atom. The minimum Gasteiger partial charge on any atom is -0.370 e. The van der Waals surface area contributed by atoms with Crippen molar-refractivity contribution in [3.05, 3.63) is 35.1 Å². The maximum atomic E-state index is 13.8. The van der Waals surface area contributed by atoms with E-state index in [0.717, 1.165) is 31.5 Å². The first-order valence-corrected chi connectivity index (χ1v) is 8.04. The average molecular weight is 343 g/mol. The summed E-state index contributed by atoms with van der Waals surface area (Å²) in [7, 11) is 0. The minimum atomic E-state index is -0.731. The quantitative estimate of drug-likeness (QED) is 0.884. The lowest BCUT2D eigenvalue weighted by atomic mass is 9.62. The molecule has 4 nitrogen and oxygen atoms in total. The van der Waals surface area contributed by atoms with Crippen molar-refractivity contribution < 1.29 is 13.9 Å². The fourth-order valence-corrected chi connectivity index (χ4v) is 4.30. The molecule has 1 saturated heterocycles. The maximum absolute atomic E-state index is 13.8. The van der Waals surface area contributed by atoms with E-state index in [1.807, 2.05) is 6.92 Å². The highest BCUT2D eigenvalue weighted by Crippen LogP contribution is 2.50. The number of nitrogens with one attached hydrogen (secondary N) is 1. The summed E-state index contributed by atoms with van der Waals surface area (Å²) < 4.78 is 20.1. The Kier molecular flexibility index (Phi) is 5.65. The van der Waals surface area contributed by atoms with Gasteiger partial charge in [0.1, 0.15) is 11.4 Å². The second-order valence-corrected chi connectivity index (χ2v) is 6.27. The number of halogens is 2. The highest BCUT2D eigenvalue weighted by Gasteiger charge is 2.51. The Labute approximate surface area is 142 Å². The predicted molar refractivity (Wildman–Crippen MR) is 89.2 cm³/mol. The van der Waals surface area contributed by atoms with Crippen LogP contribution in [0.1, 0.15) is 42.1 Å². The standard InChI is InChI=1S/C17H23FN2O2.ClH/c1-2-22-17(12-4-3-5-13(17)10-20-9-12)11-6-7-15(18)14(8-11)16(19)21;/h6-8,12-13,20H,2-5,9-10H2,1H3,(H2,19,21);1H. The summed E-state index contributed by atoms with van der Waals surface area (Å²) in [5, 5.41) is 3.47. The number of hydrogen-bond donors (Lipinski definition) is 2. The number of ether oxygens (including phenoxy) is 1. The Morgan fingerprint density at radius 1 is 1.39 bits per heavy atom. The number of hydrogen-bond acceptors (Lipinski definition) is 3. The monoisotopic (exact) mass is 342 g/mol. The van der Waals surface area contributed by atoms with Crippen LogP contribution in [0.25, 0.3) is 0 Å². The van der Waals surface area contributed by atoms with Gasteiger partial charge in [0.25, 0.3) is 5.91 Å². The molecular formula is C17H24ClFN2O2. The number of carbonyl (C=O) groups excluding carboxylic acids is 1. The van der Waals surface area contributed by atoms with Crippen molar-refractivity contribution in [1.82, 2.24) is 5.32 Å². The minimum absolute atomic E-state index is 0. The summed E-state index contributed by atoms with van der Waals surface area (Å²) in [4.78, 5) is 11.5. The van der Waals surface area contributed by atoms with Gasteiger partial charge < -0.3 is 15.8 Å². The molecule has 6 heteroatoms. The number of benzene rings is 1. The van der Waals surface area contributed by atoms with Crippen molar-refractivity contribution in [2.45, 2.75) is 31.8 Å². The van der Waals surface area contributed by atoms with Crippen LogP contribution in [0.3, 0.4) is 0 Å². The first kappa shape index (κ1) is 18.2. The van der Waals surface area contributed by atoms with Gasteiger partial charge >= 0.3 is 0 Å². The zero-order chi connectivity index (χ0) is 15.7. The van der Waals surface area contributed by atoms with Crippen LogP contribution in [0.2, 0.25) is 0 Å². The summed E-state index contributed by atoms with van der Waals surface area (Å²) in [6, 6.07) is 4.70. The molecule has 1 heterocycles. The molecule has 1 saturated carbocycles.